The molecule has 8 heteroatoms. The van der Waals surface area contributed by atoms with Gasteiger partial charge in [-0.05, 0) is 43.0 Å². The van der Waals surface area contributed by atoms with Gasteiger partial charge in [0.2, 0.25) is 10.0 Å². The second-order valence-electron chi connectivity index (χ2n) is 6.22. The van der Waals surface area contributed by atoms with E-state index in [1.165, 1.54) is 35.7 Å². The van der Waals surface area contributed by atoms with E-state index in [4.69, 9.17) is 0 Å². The summed E-state index contributed by atoms with van der Waals surface area (Å²) in [6, 6.07) is 5.86. The van der Waals surface area contributed by atoms with Crippen LogP contribution in [0, 0.1) is 5.92 Å². The summed E-state index contributed by atoms with van der Waals surface area (Å²) < 4.78 is 31.3. The molecular formula is C17H24N2O5S. The van der Waals surface area contributed by atoms with Crippen LogP contribution < -0.4 is 5.32 Å². The Kier molecular flexibility index (Phi) is 6.55. The van der Waals surface area contributed by atoms with E-state index in [9.17, 15) is 18.0 Å². The van der Waals surface area contributed by atoms with Crippen LogP contribution in [-0.4, -0.2) is 51.3 Å². The summed E-state index contributed by atoms with van der Waals surface area (Å²) in [4.78, 5) is 23.2. The maximum absolute atomic E-state index is 12.7. The van der Waals surface area contributed by atoms with Gasteiger partial charge in [0.1, 0.15) is 0 Å². The van der Waals surface area contributed by atoms with E-state index >= 15 is 0 Å². The lowest BCUT2D eigenvalue weighted by Gasteiger charge is -2.30. The van der Waals surface area contributed by atoms with Crippen LogP contribution in [0.4, 0.5) is 0 Å². The molecule has 1 saturated heterocycles. The van der Waals surface area contributed by atoms with Crippen LogP contribution in [0.3, 0.4) is 0 Å². The molecular weight excluding hydrogens is 344 g/mol. The Labute approximate surface area is 148 Å². The molecule has 1 amide bonds. The molecule has 25 heavy (non-hydrogen) atoms. The van der Waals surface area contributed by atoms with Crippen molar-refractivity contribution < 1.29 is 22.7 Å². The number of methoxy groups -OCH3 is 1. The molecule has 0 radical (unpaired) electrons. The lowest BCUT2D eigenvalue weighted by molar-refractivity contribution is -0.140. The molecule has 138 valence electrons. The van der Waals surface area contributed by atoms with Gasteiger partial charge in [0.05, 0.1) is 18.4 Å². The lowest BCUT2D eigenvalue weighted by Crippen LogP contribution is -2.39. The molecule has 0 aliphatic carbocycles. The number of hydrogen-bond acceptors (Lipinski definition) is 5. The first-order valence-corrected chi connectivity index (χ1v) is 9.74. The fourth-order valence-corrected chi connectivity index (χ4v) is 4.37. The maximum atomic E-state index is 12.7. The van der Waals surface area contributed by atoms with Gasteiger partial charge in [0.25, 0.3) is 5.91 Å². The third-order valence-electron chi connectivity index (χ3n) is 4.22. The number of sulfonamides is 1. The van der Waals surface area contributed by atoms with Gasteiger partial charge in [-0.1, -0.05) is 6.92 Å². The van der Waals surface area contributed by atoms with Crippen LogP contribution in [0.2, 0.25) is 0 Å². The van der Waals surface area contributed by atoms with Gasteiger partial charge in [-0.3, -0.25) is 9.59 Å². The summed E-state index contributed by atoms with van der Waals surface area (Å²) in [5, 5.41) is 2.59. The Morgan fingerprint density at radius 3 is 2.56 bits per heavy atom. The summed E-state index contributed by atoms with van der Waals surface area (Å²) in [6.45, 7) is 3.27. The summed E-state index contributed by atoms with van der Waals surface area (Å²) >= 11 is 0. The van der Waals surface area contributed by atoms with Crippen molar-refractivity contribution in [2.75, 3.05) is 26.7 Å². The first-order chi connectivity index (χ1) is 11.8. The highest BCUT2D eigenvalue weighted by atomic mass is 32.2. The van der Waals surface area contributed by atoms with Crippen molar-refractivity contribution in [3.63, 3.8) is 0 Å². The maximum Gasteiger partial charge on any atom is 0.307 e. The van der Waals surface area contributed by atoms with Gasteiger partial charge in [-0.25, -0.2) is 8.42 Å². The van der Waals surface area contributed by atoms with Gasteiger partial charge in [0, 0.05) is 25.2 Å². The highest BCUT2D eigenvalue weighted by molar-refractivity contribution is 7.89. The van der Waals surface area contributed by atoms with Crippen LogP contribution in [0.25, 0.3) is 0 Å². The Balaban J connectivity index is 2.01. The summed E-state index contributed by atoms with van der Waals surface area (Å²) in [5.74, 6) is -0.416. The minimum Gasteiger partial charge on any atom is -0.469 e. The number of piperidine rings is 1. The minimum atomic E-state index is -3.53. The molecule has 1 aromatic carbocycles. The molecule has 7 nitrogen and oxygen atoms in total. The number of carbonyl (C=O) groups is 2. The smallest absolute Gasteiger partial charge is 0.307 e. The molecule has 1 aliphatic heterocycles. The van der Waals surface area contributed by atoms with Crippen LogP contribution >= 0.6 is 0 Å². The van der Waals surface area contributed by atoms with Crippen LogP contribution in [0.5, 0.6) is 0 Å². The second-order valence-corrected chi connectivity index (χ2v) is 8.15. The molecule has 0 unspecified atom stereocenters. The van der Waals surface area contributed by atoms with Crippen molar-refractivity contribution in [1.29, 1.82) is 0 Å². The first-order valence-electron chi connectivity index (χ1n) is 8.30. The summed E-state index contributed by atoms with van der Waals surface area (Å²) in [6.07, 6.45) is 1.99. The summed E-state index contributed by atoms with van der Waals surface area (Å²) in [5.41, 5.74) is 0.343. The number of esters is 1. The van der Waals surface area contributed by atoms with E-state index in [0.717, 1.165) is 12.8 Å². The van der Waals surface area contributed by atoms with Gasteiger partial charge in [-0.2, -0.15) is 4.31 Å². The Bertz CT molecular complexity index is 715. The van der Waals surface area contributed by atoms with Gasteiger partial charge in [0.15, 0.2) is 0 Å². The van der Waals surface area contributed by atoms with Crippen molar-refractivity contribution in [3.8, 4) is 0 Å². The fourth-order valence-electron chi connectivity index (χ4n) is 2.77. The zero-order valence-corrected chi connectivity index (χ0v) is 15.3. The molecule has 1 N–H and O–H groups in total. The van der Waals surface area contributed by atoms with Crippen molar-refractivity contribution in [3.05, 3.63) is 29.8 Å². The average molecular weight is 368 g/mol. The molecule has 0 aromatic heterocycles. The van der Waals surface area contributed by atoms with Crippen molar-refractivity contribution in [1.82, 2.24) is 9.62 Å². The van der Waals surface area contributed by atoms with E-state index < -0.39 is 16.0 Å². The van der Waals surface area contributed by atoms with Crippen molar-refractivity contribution in [2.24, 2.45) is 5.92 Å². The minimum absolute atomic E-state index is 0.0852. The Morgan fingerprint density at radius 2 is 1.96 bits per heavy atom. The third-order valence-corrected chi connectivity index (χ3v) is 6.10. The Morgan fingerprint density at radius 1 is 1.28 bits per heavy atom. The van der Waals surface area contributed by atoms with E-state index in [0.29, 0.717) is 24.6 Å². The highest BCUT2D eigenvalue weighted by Crippen LogP contribution is 2.23. The van der Waals surface area contributed by atoms with E-state index in [1.807, 2.05) is 6.92 Å². The van der Waals surface area contributed by atoms with Crippen molar-refractivity contribution >= 4 is 21.9 Å². The largest absolute Gasteiger partial charge is 0.469 e. The fraction of sp³-hybridized carbons (Fsp3) is 0.529. The molecule has 0 spiro atoms. The molecule has 0 bridgehead atoms. The standard InChI is InChI=1S/C17H24N2O5S/c1-13-4-3-11-19(12-13)25(22,23)15-7-5-14(6-8-15)17(21)18-10-9-16(20)24-2/h5-8,13H,3-4,9-12H2,1-2H3,(H,18,21)/t13-/m0/s1. The zero-order valence-electron chi connectivity index (χ0n) is 14.5. The normalized spacial score (nSPS) is 18.6. The number of benzene rings is 1. The molecule has 1 aromatic rings. The monoisotopic (exact) mass is 368 g/mol. The van der Waals surface area contributed by atoms with Gasteiger partial charge in [-0.15, -0.1) is 0 Å². The van der Waals surface area contributed by atoms with Gasteiger partial charge < -0.3 is 10.1 Å². The van der Waals surface area contributed by atoms with Crippen LogP contribution in [0.15, 0.2) is 29.2 Å². The predicted octanol–water partition coefficient (Wildman–Crippen LogP) is 1.40. The first kappa shape index (κ1) is 19.4. The highest BCUT2D eigenvalue weighted by Gasteiger charge is 2.28. The average Bonchev–Trinajstić information content (AvgIpc) is 2.61. The molecule has 1 fully saturated rings. The lowest BCUT2D eigenvalue weighted by atomic mass is 10.0. The van der Waals surface area contributed by atoms with E-state index in [2.05, 4.69) is 10.1 Å². The molecule has 1 aliphatic rings. The van der Waals surface area contributed by atoms with E-state index in [1.54, 1.807) is 0 Å². The predicted molar refractivity (Wildman–Crippen MR) is 92.6 cm³/mol. The quantitative estimate of drug-likeness (QED) is 0.766. The SMILES string of the molecule is COC(=O)CCNC(=O)c1ccc(S(=O)(=O)N2CCC[C@H](C)C2)cc1. The number of rotatable bonds is 6. The number of ether oxygens (including phenoxy) is 1. The summed E-state index contributed by atoms with van der Waals surface area (Å²) in [7, 11) is -2.24. The molecule has 1 heterocycles. The number of amides is 1. The Hall–Kier alpha value is -1.93. The molecule has 1 atom stereocenters. The number of nitrogens with one attached hydrogen (secondary N) is 1. The van der Waals surface area contributed by atoms with Crippen LogP contribution in [0.1, 0.15) is 36.5 Å². The topological polar surface area (TPSA) is 92.8 Å². The second kappa shape index (κ2) is 8.44. The van der Waals surface area contributed by atoms with E-state index in [-0.39, 0.29) is 23.8 Å². The number of nitrogens with zero attached hydrogens (tertiary/aromatic N) is 1. The molecule has 2 rings (SSSR count). The molecule has 0 saturated carbocycles. The number of hydrogen-bond donors (Lipinski definition) is 1. The zero-order chi connectivity index (χ0) is 18.4. The third kappa shape index (κ3) is 5.02. The van der Waals surface area contributed by atoms with Gasteiger partial charge >= 0.3 is 5.97 Å². The number of carbonyl (C=O) groups excluding carboxylic acids is 2. The van der Waals surface area contributed by atoms with Crippen molar-refractivity contribution in [2.45, 2.75) is 31.1 Å². The van der Waals surface area contributed by atoms with Crippen LogP contribution in [-0.2, 0) is 19.6 Å².